The van der Waals surface area contributed by atoms with Crippen molar-refractivity contribution in [1.82, 2.24) is 0 Å². The summed E-state index contributed by atoms with van der Waals surface area (Å²) in [6.07, 6.45) is 0. The summed E-state index contributed by atoms with van der Waals surface area (Å²) in [5, 5.41) is 2.90. The molecule has 0 saturated carbocycles. The maximum Gasteiger partial charge on any atom is 0.248 e. The van der Waals surface area contributed by atoms with Gasteiger partial charge >= 0.3 is 0 Å². The topological polar surface area (TPSA) is 98.2 Å². The molecule has 1 unspecified atom stereocenters. The number of carbonyl (C=O) groups excluding carboxylic acids is 2. The molecule has 0 bridgehead atoms. The Kier molecular flexibility index (Phi) is 4.57. The molecule has 0 radical (unpaired) electrons. The smallest absolute Gasteiger partial charge is 0.248 e. The molecule has 0 aliphatic heterocycles. The maximum atomic E-state index is 12.1. The molecule has 1 atom stereocenters. The number of primary amides is 1. The highest BCUT2D eigenvalue weighted by atomic mass is 35.5. The summed E-state index contributed by atoms with van der Waals surface area (Å²) in [6, 6.07) is 12.5. The van der Waals surface area contributed by atoms with Crippen LogP contribution in [0.1, 0.15) is 22.0 Å². The molecule has 5 nitrogen and oxygen atoms in total. The number of carbonyl (C=O) groups is 2. The molecule has 2 aromatic rings. The molecule has 5 N–H and O–H groups in total. The van der Waals surface area contributed by atoms with E-state index in [1.807, 2.05) is 6.07 Å². The number of rotatable bonds is 4. The Hall–Kier alpha value is -2.37. The fraction of sp³-hybridized carbons (Fsp3) is 0.0667. The SMILES string of the molecule is NC(=O)c1ccc(Cl)c(NC(=O)C(N)c2ccccc2)c1. The molecule has 2 aromatic carbocycles. The van der Waals surface area contributed by atoms with Gasteiger partial charge in [-0.3, -0.25) is 9.59 Å². The van der Waals surface area contributed by atoms with Crippen molar-refractivity contribution in [2.75, 3.05) is 5.32 Å². The lowest BCUT2D eigenvalue weighted by Crippen LogP contribution is -2.28. The molecule has 0 heterocycles. The van der Waals surface area contributed by atoms with Crippen molar-refractivity contribution in [2.45, 2.75) is 6.04 Å². The predicted octanol–water partition coefficient (Wildman–Crippen LogP) is 2.08. The lowest BCUT2D eigenvalue weighted by molar-refractivity contribution is -0.117. The number of nitrogens with one attached hydrogen (secondary N) is 1. The average Bonchev–Trinajstić information content (AvgIpc) is 2.49. The van der Waals surface area contributed by atoms with E-state index in [-0.39, 0.29) is 5.56 Å². The Morgan fingerprint density at radius 2 is 1.76 bits per heavy atom. The average molecular weight is 304 g/mol. The monoisotopic (exact) mass is 303 g/mol. The van der Waals surface area contributed by atoms with Crippen molar-refractivity contribution in [2.24, 2.45) is 11.5 Å². The van der Waals surface area contributed by atoms with Gasteiger partial charge in [-0.05, 0) is 23.8 Å². The number of nitrogens with two attached hydrogens (primary N) is 2. The first-order chi connectivity index (χ1) is 9.99. The van der Waals surface area contributed by atoms with Crippen molar-refractivity contribution in [3.63, 3.8) is 0 Å². The number of halogens is 1. The van der Waals surface area contributed by atoms with Crippen LogP contribution in [0.3, 0.4) is 0 Å². The minimum atomic E-state index is -0.834. The lowest BCUT2D eigenvalue weighted by atomic mass is 10.1. The van der Waals surface area contributed by atoms with Gasteiger partial charge in [0.2, 0.25) is 11.8 Å². The van der Waals surface area contributed by atoms with Crippen molar-refractivity contribution in [3.05, 3.63) is 64.7 Å². The first-order valence-electron chi connectivity index (χ1n) is 6.20. The molecule has 0 saturated heterocycles. The van der Waals surface area contributed by atoms with Crippen LogP contribution in [0.5, 0.6) is 0 Å². The Labute approximate surface area is 126 Å². The Balaban J connectivity index is 2.20. The lowest BCUT2D eigenvalue weighted by Gasteiger charge is -2.14. The van der Waals surface area contributed by atoms with Crippen molar-refractivity contribution < 1.29 is 9.59 Å². The van der Waals surface area contributed by atoms with Gasteiger partial charge in [0.15, 0.2) is 0 Å². The largest absolute Gasteiger partial charge is 0.366 e. The third kappa shape index (κ3) is 3.59. The minimum Gasteiger partial charge on any atom is -0.366 e. The molecular formula is C15H14ClN3O2. The fourth-order valence-corrected chi connectivity index (χ4v) is 1.96. The molecule has 0 aliphatic carbocycles. The van der Waals surface area contributed by atoms with Gasteiger partial charge in [-0.2, -0.15) is 0 Å². The van der Waals surface area contributed by atoms with Crippen LogP contribution in [0.2, 0.25) is 5.02 Å². The van der Waals surface area contributed by atoms with E-state index in [2.05, 4.69) is 5.32 Å². The maximum absolute atomic E-state index is 12.1. The zero-order chi connectivity index (χ0) is 15.4. The molecule has 21 heavy (non-hydrogen) atoms. The molecule has 2 amide bonds. The second-order valence-electron chi connectivity index (χ2n) is 4.44. The van der Waals surface area contributed by atoms with E-state index in [1.165, 1.54) is 18.2 Å². The molecule has 0 aliphatic rings. The highest BCUT2D eigenvalue weighted by Crippen LogP contribution is 2.24. The molecule has 2 rings (SSSR count). The summed E-state index contributed by atoms with van der Waals surface area (Å²) in [5.74, 6) is -1.03. The summed E-state index contributed by atoms with van der Waals surface area (Å²) >= 11 is 5.99. The van der Waals surface area contributed by atoms with Crippen LogP contribution in [0, 0.1) is 0 Å². The van der Waals surface area contributed by atoms with E-state index in [1.54, 1.807) is 24.3 Å². The molecule has 0 fully saturated rings. The van der Waals surface area contributed by atoms with E-state index in [4.69, 9.17) is 23.1 Å². The standard InChI is InChI=1S/C15H14ClN3O2/c16-11-7-6-10(14(18)20)8-12(11)19-15(21)13(17)9-4-2-1-3-5-9/h1-8,13H,17H2,(H2,18,20)(H,19,21). The van der Waals surface area contributed by atoms with Gasteiger partial charge in [0, 0.05) is 5.56 Å². The number of hydrogen-bond acceptors (Lipinski definition) is 3. The van der Waals surface area contributed by atoms with E-state index in [0.717, 1.165) is 0 Å². The van der Waals surface area contributed by atoms with Crippen LogP contribution in [-0.4, -0.2) is 11.8 Å². The molecule has 0 aromatic heterocycles. The zero-order valence-electron chi connectivity index (χ0n) is 11.0. The second kappa shape index (κ2) is 6.39. The van der Waals surface area contributed by atoms with Gasteiger partial charge in [0.25, 0.3) is 0 Å². The third-order valence-corrected chi connectivity index (χ3v) is 3.28. The van der Waals surface area contributed by atoms with Gasteiger partial charge in [-0.15, -0.1) is 0 Å². The Morgan fingerprint density at radius 3 is 2.38 bits per heavy atom. The molecular weight excluding hydrogens is 290 g/mol. The van der Waals surface area contributed by atoms with E-state index < -0.39 is 17.9 Å². The summed E-state index contributed by atoms with van der Waals surface area (Å²) in [4.78, 5) is 23.3. The molecule has 6 heteroatoms. The Morgan fingerprint density at radius 1 is 1.10 bits per heavy atom. The summed E-state index contributed by atoms with van der Waals surface area (Å²) in [7, 11) is 0. The van der Waals surface area contributed by atoms with Crippen LogP contribution in [-0.2, 0) is 4.79 Å². The molecule has 108 valence electrons. The van der Waals surface area contributed by atoms with Crippen LogP contribution < -0.4 is 16.8 Å². The number of benzene rings is 2. The van der Waals surface area contributed by atoms with Crippen LogP contribution in [0.4, 0.5) is 5.69 Å². The fourth-order valence-electron chi connectivity index (χ4n) is 1.80. The molecule has 0 spiro atoms. The number of hydrogen-bond donors (Lipinski definition) is 3. The predicted molar refractivity (Wildman–Crippen MR) is 82.0 cm³/mol. The second-order valence-corrected chi connectivity index (χ2v) is 4.84. The minimum absolute atomic E-state index is 0.253. The van der Waals surface area contributed by atoms with Crippen molar-refractivity contribution >= 4 is 29.1 Å². The van der Waals surface area contributed by atoms with Crippen molar-refractivity contribution in [1.29, 1.82) is 0 Å². The number of anilines is 1. The van der Waals surface area contributed by atoms with Crippen LogP contribution >= 0.6 is 11.6 Å². The first kappa shape index (κ1) is 15.0. The van der Waals surface area contributed by atoms with Crippen LogP contribution in [0.25, 0.3) is 0 Å². The van der Waals surface area contributed by atoms with Gasteiger partial charge in [-0.1, -0.05) is 41.9 Å². The summed E-state index contributed by atoms with van der Waals surface area (Å²) in [6.45, 7) is 0. The van der Waals surface area contributed by atoms with E-state index in [9.17, 15) is 9.59 Å². The van der Waals surface area contributed by atoms with Gasteiger partial charge < -0.3 is 16.8 Å². The normalized spacial score (nSPS) is 11.7. The van der Waals surface area contributed by atoms with Gasteiger partial charge in [-0.25, -0.2) is 0 Å². The quantitative estimate of drug-likeness (QED) is 0.806. The summed E-state index contributed by atoms with van der Waals surface area (Å²) < 4.78 is 0. The number of amides is 2. The van der Waals surface area contributed by atoms with Crippen molar-refractivity contribution in [3.8, 4) is 0 Å². The third-order valence-electron chi connectivity index (χ3n) is 2.95. The summed E-state index contributed by atoms with van der Waals surface area (Å²) in [5.41, 5.74) is 12.3. The first-order valence-corrected chi connectivity index (χ1v) is 6.57. The van der Waals surface area contributed by atoms with Crippen LogP contribution in [0.15, 0.2) is 48.5 Å². The highest BCUT2D eigenvalue weighted by molar-refractivity contribution is 6.34. The highest BCUT2D eigenvalue weighted by Gasteiger charge is 2.17. The Bertz CT molecular complexity index is 674. The zero-order valence-corrected chi connectivity index (χ0v) is 11.8. The van der Waals surface area contributed by atoms with Gasteiger partial charge in [0.1, 0.15) is 6.04 Å². The van der Waals surface area contributed by atoms with Gasteiger partial charge in [0.05, 0.1) is 10.7 Å². The van der Waals surface area contributed by atoms with E-state index in [0.29, 0.717) is 16.3 Å². The van der Waals surface area contributed by atoms with E-state index >= 15 is 0 Å².